The van der Waals surface area contributed by atoms with Gasteiger partial charge in [0.2, 0.25) is 5.91 Å². The van der Waals surface area contributed by atoms with Crippen molar-refractivity contribution in [2.75, 3.05) is 18.1 Å². The van der Waals surface area contributed by atoms with E-state index < -0.39 is 0 Å². The summed E-state index contributed by atoms with van der Waals surface area (Å²) < 4.78 is 5.29. The molecule has 0 radical (unpaired) electrons. The van der Waals surface area contributed by atoms with Crippen molar-refractivity contribution in [2.24, 2.45) is 0 Å². The Morgan fingerprint density at radius 3 is 2.24 bits per heavy atom. The Hall–Kier alpha value is -2.13. The molecule has 0 fully saturated rings. The Morgan fingerprint density at radius 2 is 1.62 bits per heavy atom. The Morgan fingerprint density at radius 1 is 1.00 bits per heavy atom. The Labute approximate surface area is 126 Å². The third kappa shape index (κ3) is 4.72. The highest BCUT2D eigenvalue weighted by Crippen LogP contribution is 2.18. The minimum atomic E-state index is 0.0819. The Bertz CT molecular complexity index is 540. The number of ether oxygens (including phenoxy) is 1. The van der Waals surface area contributed by atoms with Crippen molar-refractivity contribution in [1.29, 1.82) is 0 Å². The van der Waals surface area contributed by atoms with Gasteiger partial charge in [-0.25, -0.2) is 0 Å². The summed E-state index contributed by atoms with van der Waals surface area (Å²) >= 11 is 0. The molecule has 2 rings (SSSR count). The molecule has 0 aromatic heterocycles. The van der Waals surface area contributed by atoms with Gasteiger partial charge < -0.3 is 9.64 Å². The first-order valence-electron chi connectivity index (χ1n) is 7.28. The molecule has 0 saturated carbocycles. The van der Waals surface area contributed by atoms with E-state index in [0.717, 1.165) is 11.3 Å². The zero-order valence-corrected chi connectivity index (χ0v) is 12.4. The maximum atomic E-state index is 12.5. The van der Waals surface area contributed by atoms with Crippen LogP contribution in [-0.4, -0.2) is 19.1 Å². The number of hydrogen-bond acceptors (Lipinski definition) is 2. The highest BCUT2D eigenvalue weighted by molar-refractivity contribution is 5.93. The van der Waals surface area contributed by atoms with E-state index in [1.165, 1.54) is 0 Å². The fourth-order valence-electron chi connectivity index (χ4n) is 2.14. The third-order valence-electron chi connectivity index (χ3n) is 3.22. The second-order valence-electron chi connectivity index (χ2n) is 4.75. The second kappa shape index (κ2) is 8.22. The summed E-state index contributed by atoms with van der Waals surface area (Å²) in [6.45, 7) is 3.62. The van der Waals surface area contributed by atoms with Crippen molar-refractivity contribution in [3.63, 3.8) is 0 Å². The molecule has 0 aliphatic heterocycles. The molecule has 0 heterocycles. The van der Waals surface area contributed by atoms with Gasteiger partial charge in [0.05, 0.1) is 19.6 Å². The lowest BCUT2D eigenvalue weighted by Gasteiger charge is -2.23. The minimum Gasteiger partial charge on any atom is -0.381 e. The van der Waals surface area contributed by atoms with Crippen LogP contribution in [-0.2, 0) is 16.1 Å². The molecule has 0 atom stereocenters. The fraction of sp³-hybridized carbons (Fsp3) is 0.278. The zero-order chi connectivity index (χ0) is 14.9. The molecule has 0 spiro atoms. The molecular weight excluding hydrogens is 262 g/mol. The van der Waals surface area contributed by atoms with E-state index in [4.69, 9.17) is 4.74 Å². The summed E-state index contributed by atoms with van der Waals surface area (Å²) in [5.74, 6) is 0.0819. The van der Waals surface area contributed by atoms with Crippen LogP contribution in [0.15, 0.2) is 60.7 Å². The Kier molecular flexibility index (Phi) is 5.98. The predicted molar refractivity (Wildman–Crippen MR) is 85.2 cm³/mol. The highest BCUT2D eigenvalue weighted by atomic mass is 16.5. The van der Waals surface area contributed by atoms with Crippen LogP contribution in [0.5, 0.6) is 0 Å². The average Bonchev–Trinajstić information content (AvgIpc) is 2.54. The van der Waals surface area contributed by atoms with Gasteiger partial charge in [0.25, 0.3) is 0 Å². The molecule has 0 saturated heterocycles. The highest BCUT2D eigenvalue weighted by Gasteiger charge is 2.15. The van der Waals surface area contributed by atoms with Crippen LogP contribution in [0.2, 0.25) is 0 Å². The van der Waals surface area contributed by atoms with Gasteiger partial charge >= 0.3 is 0 Å². The summed E-state index contributed by atoms with van der Waals surface area (Å²) in [6, 6.07) is 19.8. The standard InChI is InChI=1S/C18H21NO2/c1-2-21-14-13-18(20)19(17-11-7-4-8-12-17)15-16-9-5-3-6-10-16/h3-12H,2,13-15H2,1H3. The zero-order valence-electron chi connectivity index (χ0n) is 12.4. The predicted octanol–water partition coefficient (Wildman–Crippen LogP) is 3.65. The smallest absolute Gasteiger partial charge is 0.229 e. The van der Waals surface area contributed by atoms with Gasteiger partial charge in [-0.3, -0.25) is 4.79 Å². The molecule has 0 N–H and O–H groups in total. The van der Waals surface area contributed by atoms with E-state index in [9.17, 15) is 4.79 Å². The maximum absolute atomic E-state index is 12.5. The molecule has 110 valence electrons. The quantitative estimate of drug-likeness (QED) is 0.726. The SMILES string of the molecule is CCOCCC(=O)N(Cc1ccccc1)c1ccccc1. The monoisotopic (exact) mass is 283 g/mol. The first-order chi connectivity index (χ1) is 10.3. The van der Waals surface area contributed by atoms with E-state index in [1.807, 2.05) is 72.5 Å². The molecule has 21 heavy (non-hydrogen) atoms. The number of para-hydroxylation sites is 1. The summed E-state index contributed by atoms with van der Waals surface area (Å²) in [5.41, 5.74) is 2.04. The Balaban J connectivity index is 2.12. The second-order valence-corrected chi connectivity index (χ2v) is 4.75. The van der Waals surface area contributed by atoms with Crippen LogP contribution in [0.3, 0.4) is 0 Å². The topological polar surface area (TPSA) is 29.5 Å². The molecule has 0 bridgehead atoms. The van der Waals surface area contributed by atoms with Gasteiger partial charge in [-0.2, -0.15) is 0 Å². The van der Waals surface area contributed by atoms with Crippen LogP contribution in [0, 0.1) is 0 Å². The van der Waals surface area contributed by atoms with Crippen LogP contribution >= 0.6 is 0 Å². The van der Waals surface area contributed by atoms with Crippen LogP contribution in [0.1, 0.15) is 18.9 Å². The van der Waals surface area contributed by atoms with E-state index in [1.54, 1.807) is 0 Å². The molecule has 1 amide bonds. The molecule has 3 heteroatoms. The molecule has 3 nitrogen and oxygen atoms in total. The van der Waals surface area contributed by atoms with Gasteiger partial charge in [0.15, 0.2) is 0 Å². The van der Waals surface area contributed by atoms with Crippen LogP contribution in [0.25, 0.3) is 0 Å². The summed E-state index contributed by atoms with van der Waals surface area (Å²) in [7, 11) is 0. The van der Waals surface area contributed by atoms with Crippen molar-refractivity contribution >= 4 is 11.6 Å². The van der Waals surface area contributed by atoms with E-state index in [-0.39, 0.29) is 5.91 Å². The molecular formula is C18H21NO2. The molecule has 0 aliphatic rings. The number of hydrogen-bond donors (Lipinski definition) is 0. The van der Waals surface area contributed by atoms with Crippen molar-refractivity contribution in [3.05, 3.63) is 66.2 Å². The summed E-state index contributed by atoms with van der Waals surface area (Å²) in [6.07, 6.45) is 0.398. The number of amides is 1. The molecule has 2 aromatic carbocycles. The molecule has 0 aliphatic carbocycles. The van der Waals surface area contributed by atoms with Crippen molar-refractivity contribution in [3.8, 4) is 0 Å². The molecule has 2 aromatic rings. The largest absolute Gasteiger partial charge is 0.381 e. The normalized spacial score (nSPS) is 10.3. The summed E-state index contributed by atoms with van der Waals surface area (Å²) in [5, 5.41) is 0. The number of nitrogens with zero attached hydrogens (tertiary/aromatic N) is 1. The first-order valence-corrected chi connectivity index (χ1v) is 7.28. The van der Waals surface area contributed by atoms with Gasteiger partial charge in [-0.1, -0.05) is 48.5 Å². The average molecular weight is 283 g/mol. The number of carbonyl (C=O) groups excluding carboxylic acids is 1. The number of benzene rings is 2. The minimum absolute atomic E-state index is 0.0819. The maximum Gasteiger partial charge on any atom is 0.229 e. The summed E-state index contributed by atoms with van der Waals surface area (Å²) in [4.78, 5) is 14.3. The lowest BCUT2D eigenvalue weighted by molar-refractivity contribution is -0.119. The van der Waals surface area contributed by atoms with Gasteiger partial charge in [0.1, 0.15) is 0 Å². The van der Waals surface area contributed by atoms with Crippen molar-refractivity contribution < 1.29 is 9.53 Å². The van der Waals surface area contributed by atoms with E-state index in [0.29, 0.717) is 26.2 Å². The van der Waals surface area contributed by atoms with Crippen LogP contribution < -0.4 is 4.90 Å². The fourth-order valence-corrected chi connectivity index (χ4v) is 2.14. The van der Waals surface area contributed by atoms with Gasteiger partial charge in [0, 0.05) is 12.3 Å². The number of anilines is 1. The van der Waals surface area contributed by atoms with E-state index >= 15 is 0 Å². The van der Waals surface area contributed by atoms with Gasteiger partial charge in [-0.15, -0.1) is 0 Å². The van der Waals surface area contributed by atoms with E-state index in [2.05, 4.69) is 0 Å². The lowest BCUT2D eigenvalue weighted by atomic mass is 10.2. The lowest BCUT2D eigenvalue weighted by Crippen LogP contribution is -2.31. The van der Waals surface area contributed by atoms with Crippen molar-refractivity contribution in [1.82, 2.24) is 0 Å². The number of carbonyl (C=O) groups is 1. The molecule has 0 unspecified atom stereocenters. The first kappa shape index (κ1) is 15.3. The third-order valence-corrected chi connectivity index (χ3v) is 3.22. The van der Waals surface area contributed by atoms with Crippen molar-refractivity contribution in [2.45, 2.75) is 19.9 Å². The van der Waals surface area contributed by atoms with Gasteiger partial charge in [-0.05, 0) is 24.6 Å². The number of rotatable bonds is 7. The van der Waals surface area contributed by atoms with Crippen LogP contribution in [0.4, 0.5) is 5.69 Å².